The molecule has 6 N–H and O–H groups in total. The van der Waals surface area contributed by atoms with Gasteiger partial charge in [0.25, 0.3) is 0 Å². The maximum atomic E-state index is 11.8. The van der Waals surface area contributed by atoms with Gasteiger partial charge in [-0.1, -0.05) is 18.2 Å². The Hall–Kier alpha value is -2.25. The van der Waals surface area contributed by atoms with Crippen LogP contribution in [0.25, 0.3) is 11.2 Å². The number of hydrogen-bond acceptors (Lipinski definition) is 10. The van der Waals surface area contributed by atoms with E-state index in [1.165, 1.54) is 17.2 Å². The minimum atomic E-state index is -4.81. The topological polar surface area (TPSA) is 209 Å². The number of para-hydroxylation sites is 1. The second kappa shape index (κ2) is 9.18. The van der Waals surface area contributed by atoms with E-state index in [0.717, 1.165) is 5.69 Å². The number of nitrogens with zero attached hydrogens (tertiary/aromatic N) is 4. The molecule has 2 aromatic heterocycles. The van der Waals surface area contributed by atoms with Crippen molar-refractivity contribution in [3.8, 4) is 0 Å². The van der Waals surface area contributed by atoms with Gasteiger partial charge in [0.05, 0.1) is 12.9 Å². The zero-order valence-electron chi connectivity index (χ0n) is 16.8. The predicted molar refractivity (Wildman–Crippen MR) is 114 cm³/mol. The van der Waals surface area contributed by atoms with Gasteiger partial charge in [-0.15, -0.1) is 0 Å². The highest BCUT2D eigenvalue weighted by Gasteiger charge is 2.45. The van der Waals surface area contributed by atoms with E-state index in [1.807, 2.05) is 30.3 Å². The van der Waals surface area contributed by atoms with E-state index in [2.05, 4.69) is 20.3 Å². The van der Waals surface area contributed by atoms with Crippen molar-refractivity contribution in [1.82, 2.24) is 19.5 Å². The highest BCUT2D eigenvalue weighted by molar-refractivity contribution is 7.70. The highest BCUT2D eigenvalue weighted by atomic mass is 31.2. The maximum absolute atomic E-state index is 11.8. The summed E-state index contributed by atoms with van der Waals surface area (Å²) in [5, 5.41) is 23.9. The van der Waals surface area contributed by atoms with Crippen LogP contribution in [-0.2, 0) is 18.4 Å². The Morgan fingerprint density at radius 1 is 1.06 bits per heavy atom. The molecule has 3 heterocycles. The molecule has 33 heavy (non-hydrogen) atoms. The molecule has 178 valence electrons. The van der Waals surface area contributed by atoms with Crippen LogP contribution in [0.2, 0.25) is 0 Å². The average Bonchev–Trinajstić information content (AvgIpc) is 3.28. The molecule has 1 saturated heterocycles. The van der Waals surface area contributed by atoms with Crippen molar-refractivity contribution in [2.45, 2.75) is 24.5 Å². The number of benzene rings is 1. The third kappa shape index (κ3) is 5.46. The molecule has 5 atom stereocenters. The van der Waals surface area contributed by atoms with Crippen molar-refractivity contribution < 1.29 is 43.3 Å². The first-order valence-electron chi connectivity index (χ1n) is 9.56. The Labute approximate surface area is 186 Å². The molecule has 0 amide bonds. The zero-order chi connectivity index (χ0) is 23.8. The van der Waals surface area contributed by atoms with E-state index in [4.69, 9.17) is 19.0 Å². The van der Waals surface area contributed by atoms with Gasteiger partial charge < -0.3 is 39.5 Å². The van der Waals surface area contributed by atoms with Crippen LogP contribution in [0, 0.1) is 0 Å². The van der Waals surface area contributed by atoms with Gasteiger partial charge in [-0.3, -0.25) is 13.7 Å². The summed E-state index contributed by atoms with van der Waals surface area (Å²) in [4.78, 5) is 40.0. The molecule has 0 radical (unpaired) electrons. The smallest absolute Gasteiger partial charge is 0.340 e. The molecule has 4 rings (SSSR count). The summed E-state index contributed by atoms with van der Waals surface area (Å²) < 4.78 is 34.5. The van der Waals surface area contributed by atoms with Crippen molar-refractivity contribution in [3.63, 3.8) is 0 Å². The van der Waals surface area contributed by atoms with Gasteiger partial charge in [0.15, 0.2) is 29.1 Å². The van der Waals surface area contributed by atoms with Gasteiger partial charge in [-0.05, 0) is 12.1 Å². The lowest BCUT2D eigenvalue weighted by Crippen LogP contribution is -2.33. The molecule has 1 aromatic carbocycles. The van der Waals surface area contributed by atoms with Crippen molar-refractivity contribution >= 4 is 37.9 Å². The molecule has 0 saturated carbocycles. The number of aromatic nitrogens is 4. The Kier molecular flexibility index (Phi) is 6.65. The number of nitrogens with one attached hydrogen (secondary N) is 1. The van der Waals surface area contributed by atoms with E-state index in [9.17, 15) is 24.2 Å². The van der Waals surface area contributed by atoms with Gasteiger partial charge in [0.1, 0.15) is 24.6 Å². The standard InChI is InChI=1S/C17H21N5O9P2/c23-13-11(6-30-33(28,29)9-32(25,26)27)31-17(14(13)24)22-8-20-12-15(18-7-19-16(12)22)21-10-4-2-1-3-5-10/h1-5,7-8,11,13-14,17,23-24H,6,9H2,(H,28,29)(H,18,19,21)(H2,25,26,27)/t11-,13-,14-,17-/m1/s1. The molecule has 0 bridgehead atoms. The Morgan fingerprint density at radius 3 is 2.48 bits per heavy atom. The lowest BCUT2D eigenvalue weighted by molar-refractivity contribution is -0.0483. The molecule has 14 nitrogen and oxygen atoms in total. The maximum Gasteiger partial charge on any atom is 0.340 e. The van der Waals surface area contributed by atoms with E-state index in [0.29, 0.717) is 11.3 Å². The largest absolute Gasteiger partial charge is 0.387 e. The normalized spacial score (nSPS) is 25.2. The molecule has 3 aromatic rings. The molecule has 1 aliphatic rings. The molecule has 1 unspecified atom stereocenters. The van der Waals surface area contributed by atoms with E-state index in [-0.39, 0.29) is 5.65 Å². The SMILES string of the molecule is O=P(O)(O)CP(=O)(O)OC[C@H]1O[C@@H](n2cnc3c(Nc4ccccc4)ncnc32)[C@H](O)[C@@H]1O. The lowest BCUT2D eigenvalue weighted by atomic mass is 10.1. The van der Waals surface area contributed by atoms with Gasteiger partial charge in [-0.25, -0.2) is 15.0 Å². The van der Waals surface area contributed by atoms with Crippen LogP contribution in [-0.4, -0.2) is 75.2 Å². The third-order valence-electron chi connectivity index (χ3n) is 4.81. The van der Waals surface area contributed by atoms with Gasteiger partial charge in [0, 0.05) is 5.69 Å². The minimum Gasteiger partial charge on any atom is -0.387 e. The van der Waals surface area contributed by atoms with Gasteiger partial charge >= 0.3 is 15.2 Å². The first-order valence-corrected chi connectivity index (χ1v) is 13.1. The van der Waals surface area contributed by atoms with Crippen molar-refractivity contribution in [2.75, 3.05) is 17.8 Å². The minimum absolute atomic E-state index is 0.288. The lowest BCUT2D eigenvalue weighted by Gasteiger charge is -2.18. The van der Waals surface area contributed by atoms with E-state index < -0.39 is 52.2 Å². The Balaban J connectivity index is 1.52. The second-order valence-electron chi connectivity index (χ2n) is 7.32. The number of fused-ring (bicyclic) bond motifs is 1. The van der Waals surface area contributed by atoms with Crippen LogP contribution >= 0.6 is 15.2 Å². The quantitative estimate of drug-likeness (QED) is 0.233. The van der Waals surface area contributed by atoms with E-state index >= 15 is 0 Å². The molecule has 16 heteroatoms. The molecular weight excluding hydrogens is 480 g/mol. The number of aliphatic hydroxyl groups is 2. The second-order valence-corrected chi connectivity index (χ2v) is 11.3. The molecule has 0 spiro atoms. The van der Waals surface area contributed by atoms with Crippen LogP contribution in [0.15, 0.2) is 43.0 Å². The highest BCUT2D eigenvalue weighted by Crippen LogP contribution is 2.55. The fraction of sp³-hybridized carbons (Fsp3) is 0.353. The monoisotopic (exact) mass is 501 g/mol. The van der Waals surface area contributed by atoms with Crippen molar-refractivity contribution in [1.29, 1.82) is 0 Å². The summed E-state index contributed by atoms with van der Waals surface area (Å²) >= 11 is 0. The van der Waals surface area contributed by atoms with Crippen molar-refractivity contribution in [2.24, 2.45) is 0 Å². The van der Waals surface area contributed by atoms with Gasteiger partial charge in [0.2, 0.25) is 0 Å². The summed E-state index contributed by atoms with van der Waals surface area (Å²) in [5.74, 6) is -0.980. The summed E-state index contributed by atoms with van der Waals surface area (Å²) in [7, 11) is -9.46. The molecule has 1 aliphatic heterocycles. The van der Waals surface area contributed by atoms with E-state index in [1.54, 1.807) is 0 Å². The summed E-state index contributed by atoms with van der Waals surface area (Å²) in [6, 6.07) is 9.22. The fourth-order valence-electron chi connectivity index (χ4n) is 3.35. The van der Waals surface area contributed by atoms with Crippen LogP contribution in [0.5, 0.6) is 0 Å². The molecule has 1 fully saturated rings. The van der Waals surface area contributed by atoms with Crippen molar-refractivity contribution in [3.05, 3.63) is 43.0 Å². The van der Waals surface area contributed by atoms with Crippen LogP contribution < -0.4 is 5.32 Å². The summed E-state index contributed by atoms with van der Waals surface area (Å²) in [5.41, 5.74) is 1.42. The summed E-state index contributed by atoms with van der Waals surface area (Å²) in [6.45, 7) is -0.690. The predicted octanol–water partition coefficient (Wildman–Crippen LogP) is 0.526. The number of rotatable bonds is 8. The first-order chi connectivity index (χ1) is 15.5. The van der Waals surface area contributed by atoms with Gasteiger partial charge in [-0.2, -0.15) is 0 Å². The number of aliphatic hydroxyl groups excluding tert-OH is 2. The first kappa shape index (κ1) is 23.9. The number of imidazole rings is 1. The van der Waals surface area contributed by atoms with Crippen LogP contribution in [0.1, 0.15) is 6.23 Å². The fourth-order valence-corrected chi connectivity index (χ4v) is 5.92. The van der Waals surface area contributed by atoms with Crippen LogP contribution in [0.3, 0.4) is 0 Å². The third-order valence-corrected chi connectivity index (χ3v) is 8.27. The zero-order valence-corrected chi connectivity index (χ0v) is 18.6. The Morgan fingerprint density at radius 2 is 1.79 bits per heavy atom. The number of hydrogen-bond donors (Lipinski definition) is 6. The average molecular weight is 501 g/mol. The van der Waals surface area contributed by atoms with Crippen LogP contribution in [0.4, 0.5) is 11.5 Å². The Bertz CT molecular complexity index is 1220. The molecule has 0 aliphatic carbocycles. The number of anilines is 2. The number of ether oxygens (including phenoxy) is 1. The molecular formula is C17H21N5O9P2. The summed E-state index contributed by atoms with van der Waals surface area (Å²) in [6.07, 6.45) is -2.80.